The first-order valence-electron chi connectivity index (χ1n) is 9.09. The molecule has 1 N–H and O–H groups in total. The summed E-state index contributed by atoms with van der Waals surface area (Å²) in [4.78, 5) is 14.9. The number of nitrogens with one attached hydrogen (secondary N) is 1. The molecule has 2 aliphatic rings. The lowest BCUT2D eigenvalue weighted by molar-refractivity contribution is -0.127. The predicted molar refractivity (Wildman–Crippen MR) is 107 cm³/mol. The number of anilines is 2. The van der Waals surface area contributed by atoms with E-state index in [4.69, 9.17) is 0 Å². The lowest BCUT2D eigenvalue weighted by Crippen LogP contribution is -2.34. The summed E-state index contributed by atoms with van der Waals surface area (Å²) in [6, 6.07) is 10.3. The fourth-order valence-corrected chi connectivity index (χ4v) is 4.76. The van der Waals surface area contributed by atoms with Crippen LogP contribution in [0.2, 0.25) is 0 Å². The third-order valence-corrected chi connectivity index (χ3v) is 6.46. The zero-order valence-electron chi connectivity index (χ0n) is 14.6. The van der Waals surface area contributed by atoms with Crippen molar-refractivity contribution in [3.63, 3.8) is 0 Å². The molecule has 0 spiro atoms. The van der Waals surface area contributed by atoms with Crippen molar-refractivity contribution in [3.05, 3.63) is 42.1 Å². The molecule has 0 saturated heterocycles. The maximum absolute atomic E-state index is 12.8. The van der Waals surface area contributed by atoms with E-state index in [-0.39, 0.29) is 5.91 Å². The number of nitrogens with zero attached hydrogens (tertiary/aromatic N) is 3. The van der Waals surface area contributed by atoms with Crippen molar-refractivity contribution in [2.75, 3.05) is 11.1 Å². The van der Waals surface area contributed by atoms with Crippen molar-refractivity contribution in [1.29, 1.82) is 0 Å². The molecule has 136 valence electrons. The van der Waals surface area contributed by atoms with Crippen LogP contribution < -0.4 is 5.32 Å². The fraction of sp³-hybridized carbons (Fsp3) is 0.421. The number of benzene rings is 1. The van der Waals surface area contributed by atoms with E-state index in [0.717, 1.165) is 40.8 Å². The number of carbonyl (C=O) groups is 1. The molecule has 7 heteroatoms. The highest BCUT2D eigenvalue weighted by Gasteiger charge is 2.34. The van der Waals surface area contributed by atoms with Gasteiger partial charge in [0.05, 0.1) is 5.75 Å². The quantitative estimate of drug-likeness (QED) is 0.691. The van der Waals surface area contributed by atoms with Crippen LogP contribution in [-0.2, 0) is 4.79 Å². The number of amides is 1. The second-order valence-electron chi connectivity index (χ2n) is 6.59. The Morgan fingerprint density at radius 3 is 2.81 bits per heavy atom. The molecule has 5 nitrogen and oxygen atoms in total. The van der Waals surface area contributed by atoms with E-state index < -0.39 is 0 Å². The van der Waals surface area contributed by atoms with E-state index in [1.54, 1.807) is 0 Å². The van der Waals surface area contributed by atoms with E-state index in [1.807, 2.05) is 30.3 Å². The molecule has 0 aliphatic heterocycles. The molecule has 1 saturated carbocycles. The zero-order valence-corrected chi connectivity index (χ0v) is 16.2. The van der Waals surface area contributed by atoms with Crippen LogP contribution in [0.25, 0.3) is 0 Å². The van der Waals surface area contributed by atoms with Crippen molar-refractivity contribution in [2.24, 2.45) is 0 Å². The lowest BCUT2D eigenvalue weighted by atomic mass is 10.0. The van der Waals surface area contributed by atoms with Gasteiger partial charge in [-0.15, -0.1) is 10.2 Å². The molecule has 0 bridgehead atoms. The van der Waals surface area contributed by atoms with Gasteiger partial charge in [0.1, 0.15) is 0 Å². The molecule has 1 heterocycles. The molecule has 0 radical (unpaired) electrons. The van der Waals surface area contributed by atoms with Crippen LogP contribution in [0, 0.1) is 0 Å². The second-order valence-corrected chi connectivity index (χ2v) is 8.79. The Balaban J connectivity index is 1.34. The lowest BCUT2D eigenvalue weighted by Gasteiger charge is -2.27. The number of allylic oxidation sites excluding steroid dienone is 2. The number of hydrogen-bond acceptors (Lipinski definition) is 6. The molecule has 2 aromatic rings. The van der Waals surface area contributed by atoms with Crippen molar-refractivity contribution >= 4 is 39.8 Å². The van der Waals surface area contributed by atoms with Gasteiger partial charge in [-0.1, -0.05) is 47.4 Å². The standard InChI is InChI=1S/C19H22N4OS2/c24-17(23(16-11-12-16)15-9-5-2-6-10-15)13-25-19-22-21-18(26-19)20-14-7-3-1-4-8-14/h1,3-4,7-9,16H,2,5-6,10-13H2,(H,20,21). The minimum atomic E-state index is 0.207. The monoisotopic (exact) mass is 386 g/mol. The first-order chi connectivity index (χ1) is 12.8. The Kier molecular flexibility index (Phi) is 5.55. The van der Waals surface area contributed by atoms with Crippen molar-refractivity contribution in [3.8, 4) is 0 Å². The van der Waals surface area contributed by atoms with Gasteiger partial charge in [-0.3, -0.25) is 4.79 Å². The number of para-hydroxylation sites is 1. The Morgan fingerprint density at radius 1 is 1.23 bits per heavy atom. The van der Waals surface area contributed by atoms with E-state index in [0.29, 0.717) is 11.8 Å². The summed E-state index contributed by atoms with van der Waals surface area (Å²) >= 11 is 2.97. The highest BCUT2D eigenvalue weighted by atomic mass is 32.2. The Morgan fingerprint density at radius 2 is 2.08 bits per heavy atom. The molecular formula is C19H22N4OS2. The maximum atomic E-state index is 12.8. The third-order valence-electron chi connectivity index (χ3n) is 4.51. The molecule has 0 unspecified atom stereocenters. The molecular weight excluding hydrogens is 364 g/mol. The minimum Gasteiger partial charge on any atom is -0.330 e. The van der Waals surface area contributed by atoms with Gasteiger partial charge in [-0.25, -0.2) is 0 Å². The summed E-state index contributed by atoms with van der Waals surface area (Å²) in [5, 5.41) is 12.4. The fourth-order valence-electron chi connectivity index (χ4n) is 3.13. The van der Waals surface area contributed by atoms with Crippen LogP contribution in [0.4, 0.5) is 10.8 Å². The highest BCUT2D eigenvalue weighted by Crippen LogP contribution is 2.35. The Bertz CT molecular complexity index is 786. The summed E-state index contributed by atoms with van der Waals surface area (Å²) in [5.41, 5.74) is 2.23. The zero-order chi connectivity index (χ0) is 17.8. The normalized spacial score (nSPS) is 16.8. The van der Waals surface area contributed by atoms with Crippen LogP contribution in [0.15, 0.2) is 46.4 Å². The van der Waals surface area contributed by atoms with Crippen molar-refractivity contribution < 1.29 is 4.79 Å². The first-order valence-corrected chi connectivity index (χ1v) is 10.9. The summed E-state index contributed by atoms with van der Waals surface area (Å²) in [5.74, 6) is 0.631. The molecule has 2 aliphatic carbocycles. The molecule has 0 atom stereocenters. The van der Waals surface area contributed by atoms with Gasteiger partial charge in [0.2, 0.25) is 11.0 Å². The summed E-state index contributed by atoms with van der Waals surface area (Å²) in [6.45, 7) is 0. The average Bonchev–Trinajstić information content (AvgIpc) is 3.41. The van der Waals surface area contributed by atoms with Gasteiger partial charge in [0.15, 0.2) is 4.34 Å². The van der Waals surface area contributed by atoms with E-state index >= 15 is 0 Å². The van der Waals surface area contributed by atoms with Crippen LogP contribution in [0.1, 0.15) is 38.5 Å². The van der Waals surface area contributed by atoms with Gasteiger partial charge >= 0.3 is 0 Å². The van der Waals surface area contributed by atoms with E-state index in [1.165, 1.54) is 41.6 Å². The largest absolute Gasteiger partial charge is 0.330 e. The van der Waals surface area contributed by atoms with Crippen molar-refractivity contribution in [1.82, 2.24) is 15.1 Å². The first kappa shape index (κ1) is 17.5. The summed E-state index contributed by atoms with van der Waals surface area (Å²) in [6.07, 6.45) is 9.11. The maximum Gasteiger partial charge on any atom is 0.237 e. The molecule has 1 aromatic heterocycles. The highest BCUT2D eigenvalue weighted by molar-refractivity contribution is 8.01. The third kappa shape index (κ3) is 4.45. The molecule has 1 amide bonds. The number of thioether (sulfide) groups is 1. The Hall–Kier alpha value is -1.86. The molecule has 4 rings (SSSR count). The van der Waals surface area contributed by atoms with Crippen LogP contribution >= 0.6 is 23.1 Å². The van der Waals surface area contributed by atoms with Gasteiger partial charge in [-0.2, -0.15) is 0 Å². The molecule has 26 heavy (non-hydrogen) atoms. The average molecular weight is 387 g/mol. The topological polar surface area (TPSA) is 58.1 Å². The van der Waals surface area contributed by atoms with Gasteiger partial charge in [-0.05, 0) is 50.7 Å². The number of aromatic nitrogens is 2. The Labute approximate surface area is 161 Å². The summed E-state index contributed by atoms with van der Waals surface area (Å²) < 4.78 is 0.824. The smallest absolute Gasteiger partial charge is 0.237 e. The van der Waals surface area contributed by atoms with E-state index in [2.05, 4.69) is 26.5 Å². The van der Waals surface area contributed by atoms with Gasteiger partial charge in [0, 0.05) is 17.4 Å². The number of hydrogen-bond donors (Lipinski definition) is 1. The van der Waals surface area contributed by atoms with Crippen LogP contribution in [0.5, 0.6) is 0 Å². The van der Waals surface area contributed by atoms with Crippen LogP contribution in [0.3, 0.4) is 0 Å². The van der Waals surface area contributed by atoms with E-state index in [9.17, 15) is 4.79 Å². The minimum absolute atomic E-state index is 0.207. The molecule has 1 fully saturated rings. The summed E-state index contributed by atoms with van der Waals surface area (Å²) in [7, 11) is 0. The van der Waals surface area contributed by atoms with Crippen LogP contribution in [-0.4, -0.2) is 32.8 Å². The number of rotatable bonds is 7. The predicted octanol–water partition coefficient (Wildman–Crippen LogP) is 4.82. The van der Waals surface area contributed by atoms with Gasteiger partial charge in [0.25, 0.3) is 0 Å². The van der Waals surface area contributed by atoms with Crippen molar-refractivity contribution in [2.45, 2.75) is 48.9 Å². The number of carbonyl (C=O) groups excluding carboxylic acids is 1. The SMILES string of the molecule is O=C(CSc1nnc(Nc2ccccc2)s1)N(C1=CCCCC1)C1CC1. The molecule has 1 aromatic carbocycles. The van der Waals surface area contributed by atoms with Gasteiger partial charge < -0.3 is 10.2 Å². The second kappa shape index (κ2) is 8.22.